The third kappa shape index (κ3) is 6.55. The third-order valence-electron chi connectivity index (χ3n) is 7.81. The number of ether oxygens (including phenoxy) is 1. The van der Waals surface area contributed by atoms with Crippen LogP contribution in [0.5, 0.6) is 0 Å². The van der Waals surface area contributed by atoms with Crippen molar-refractivity contribution in [1.82, 2.24) is 24.8 Å². The maximum absolute atomic E-state index is 14.9. The first-order chi connectivity index (χ1) is 19.7. The summed E-state index contributed by atoms with van der Waals surface area (Å²) in [6, 6.07) is 7.63. The van der Waals surface area contributed by atoms with E-state index in [9.17, 15) is 23.1 Å². The molecule has 2 saturated heterocycles. The van der Waals surface area contributed by atoms with Crippen LogP contribution >= 0.6 is 0 Å². The lowest BCUT2D eigenvalue weighted by Crippen LogP contribution is -2.48. The molecule has 5 rings (SSSR count). The molecule has 2 aliphatic heterocycles. The van der Waals surface area contributed by atoms with Crippen LogP contribution in [0.2, 0.25) is 0 Å². The van der Waals surface area contributed by atoms with Gasteiger partial charge in [0.2, 0.25) is 0 Å². The molecule has 220 valence electrons. The van der Waals surface area contributed by atoms with Crippen LogP contribution in [-0.4, -0.2) is 75.6 Å². The zero-order valence-corrected chi connectivity index (χ0v) is 22.8. The van der Waals surface area contributed by atoms with Crippen LogP contribution in [0.4, 0.5) is 19.0 Å². The Morgan fingerprint density at radius 2 is 2.00 bits per heavy atom. The van der Waals surface area contributed by atoms with Gasteiger partial charge in [0.05, 0.1) is 24.0 Å². The van der Waals surface area contributed by atoms with Crippen molar-refractivity contribution in [2.45, 2.75) is 44.6 Å². The molecule has 0 bridgehead atoms. The van der Waals surface area contributed by atoms with Gasteiger partial charge in [-0.15, -0.1) is 0 Å². The van der Waals surface area contributed by atoms with Gasteiger partial charge in [0.25, 0.3) is 5.91 Å². The highest BCUT2D eigenvalue weighted by Crippen LogP contribution is 2.38. The fraction of sp³-hybridized carbons (Fsp3) is 0.483. The predicted molar refractivity (Wildman–Crippen MR) is 146 cm³/mol. The highest BCUT2D eigenvalue weighted by Gasteiger charge is 2.41. The Morgan fingerprint density at radius 1 is 1.22 bits per heavy atom. The first-order valence-electron chi connectivity index (χ1n) is 13.9. The van der Waals surface area contributed by atoms with Crippen molar-refractivity contribution in [3.8, 4) is 11.3 Å². The van der Waals surface area contributed by atoms with Crippen molar-refractivity contribution in [2.24, 2.45) is 11.8 Å². The maximum Gasteiger partial charge on any atom is 0.251 e. The second kappa shape index (κ2) is 12.6. The van der Waals surface area contributed by atoms with Gasteiger partial charge in [0.15, 0.2) is 0 Å². The number of nitrogen functional groups attached to an aromatic ring is 1. The van der Waals surface area contributed by atoms with E-state index in [2.05, 4.69) is 10.3 Å². The molecule has 0 unspecified atom stereocenters. The molecule has 4 heterocycles. The van der Waals surface area contributed by atoms with Crippen LogP contribution in [-0.2, 0) is 16.1 Å². The number of alkyl halides is 1. The lowest BCUT2D eigenvalue weighted by Gasteiger charge is -2.40. The van der Waals surface area contributed by atoms with Crippen molar-refractivity contribution in [3.05, 3.63) is 65.7 Å². The average molecular weight is 573 g/mol. The van der Waals surface area contributed by atoms with Crippen LogP contribution in [0.15, 0.2) is 42.6 Å². The molecular formula is C29H35F3N6O3. The van der Waals surface area contributed by atoms with Gasteiger partial charge in [-0.25, -0.2) is 23.1 Å². The number of imidazole rings is 1. The number of pyridine rings is 1. The largest absolute Gasteiger partial charge is 0.384 e. The number of rotatable bonds is 9. The molecule has 1 aromatic carbocycles. The number of carbonyl (C=O) groups is 1. The first kappa shape index (κ1) is 29.0. The molecule has 2 aliphatic rings. The molecule has 1 amide bonds. The number of nitrogens with zero attached hydrogens (tertiary/aromatic N) is 4. The highest BCUT2D eigenvalue weighted by atomic mass is 19.1. The van der Waals surface area contributed by atoms with E-state index >= 15 is 0 Å². The smallest absolute Gasteiger partial charge is 0.251 e. The van der Waals surface area contributed by atoms with Gasteiger partial charge in [0, 0.05) is 50.5 Å². The van der Waals surface area contributed by atoms with E-state index < -0.39 is 41.8 Å². The Labute approximate surface area is 236 Å². The number of nitrogens with one attached hydrogen (secondary N) is 1. The number of amides is 1. The minimum absolute atomic E-state index is 0.0338. The number of hydrogen-bond donors (Lipinski definition) is 3. The molecule has 3 aromatic rings. The number of hydrogen-bond acceptors (Lipinski definition) is 7. The fourth-order valence-electron chi connectivity index (χ4n) is 5.73. The number of benzene rings is 1. The summed E-state index contributed by atoms with van der Waals surface area (Å²) in [6.07, 6.45) is 0.267. The Bertz CT molecular complexity index is 1360. The van der Waals surface area contributed by atoms with E-state index in [1.807, 2.05) is 0 Å². The lowest BCUT2D eigenvalue weighted by atomic mass is 9.88. The van der Waals surface area contributed by atoms with Crippen molar-refractivity contribution in [2.75, 3.05) is 38.6 Å². The van der Waals surface area contributed by atoms with Crippen molar-refractivity contribution in [3.63, 3.8) is 0 Å². The van der Waals surface area contributed by atoms with Gasteiger partial charge >= 0.3 is 0 Å². The number of nitrogens with two attached hydrogens (primary N) is 1. The highest BCUT2D eigenvalue weighted by molar-refractivity contribution is 5.80. The van der Waals surface area contributed by atoms with Gasteiger partial charge in [-0.3, -0.25) is 4.79 Å². The van der Waals surface area contributed by atoms with E-state index in [0.29, 0.717) is 49.9 Å². The lowest BCUT2D eigenvalue weighted by molar-refractivity contribution is -0.145. The van der Waals surface area contributed by atoms with Crippen molar-refractivity contribution < 1.29 is 27.8 Å². The minimum atomic E-state index is -1.34. The number of anilines is 1. The van der Waals surface area contributed by atoms with E-state index in [4.69, 9.17) is 15.5 Å². The topological polar surface area (TPSA) is 119 Å². The summed E-state index contributed by atoms with van der Waals surface area (Å²) in [6.45, 7) is 3.08. The molecule has 41 heavy (non-hydrogen) atoms. The summed E-state index contributed by atoms with van der Waals surface area (Å²) in [7, 11) is 0. The Kier molecular flexibility index (Phi) is 8.91. The molecule has 4 atom stereocenters. The molecule has 2 fully saturated rings. The van der Waals surface area contributed by atoms with Crippen LogP contribution in [0.3, 0.4) is 0 Å². The summed E-state index contributed by atoms with van der Waals surface area (Å²) in [5.74, 6) is -1.76. The Balaban J connectivity index is 1.66. The molecule has 4 N–H and O–H groups in total. The zero-order chi connectivity index (χ0) is 29.1. The molecule has 0 radical (unpaired) electrons. The number of aromatic nitrogens is 3. The Hall–Kier alpha value is -3.48. The van der Waals surface area contributed by atoms with E-state index in [0.717, 1.165) is 18.2 Å². The van der Waals surface area contributed by atoms with Crippen LogP contribution in [0, 0.1) is 23.5 Å². The summed E-state index contributed by atoms with van der Waals surface area (Å²) >= 11 is 0. The van der Waals surface area contributed by atoms with Gasteiger partial charge in [-0.05, 0) is 56.0 Å². The Morgan fingerprint density at radius 3 is 2.68 bits per heavy atom. The number of carbonyl (C=O) groups excluding carboxylic acids is 1. The van der Waals surface area contributed by atoms with E-state index in [-0.39, 0.29) is 36.8 Å². The molecular weight excluding hydrogens is 537 g/mol. The minimum Gasteiger partial charge on any atom is -0.384 e. The van der Waals surface area contributed by atoms with E-state index in [1.54, 1.807) is 29.0 Å². The van der Waals surface area contributed by atoms with Crippen LogP contribution in [0.1, 0.15) is 37.3 Å². The summed E-state index contributed by atoms with van der Waals surface area (Å²) in [5, 5.41) is 13.5. The number of aliphatic hydroxyl groups is 1. The number of halogens is 3. The molecule has 0 saturated carbocycles. The second-order valence-corrected chi connectivity index (χ2v) is 10.8. The van der Waals surface area contributed by atoms with Crippen LogP contribution < -0.4 is 11.1 Å². The third-order valence-corrected chi connectivity index (χ3v) is 7.81. The van der Waals surface area contributed by atoms with Crippen molar-refractivity contribution in [1.29, 1.82) is 0 Å². The maximum atomic E-state index is 14.9. The SMILES string of the molecule is C[C@H](O)C(=O)N(C[C@@H]1CNC[C@@H]1F)[C@@H](c1nc(-c2cc(F)ccc2F)cn1Cc1cccc(N)n1)C1CCOCC1. The monoisotopic (exact) mass is 572 g/mol. The normalized spacial score (nSPS) is 21.1. The van der Waals surface area contributed by atoms with Gasteiger partial charge in [-0.1, -0.05) is 6.07 Å². The molecule has 2 aromatic heterocycles. The first-order valence-corrected chi connectivity index (χ1v) is 13.9. The summed E-state index contributed by atoms with van der Waals surface area (Å²) in [4.78, 5) is 24.3. The van der Waals surface area contributed by atoms with Gasteiger partial charge < -0.3 is 30.4 Å². The molecule has 12 heteroatoms. The van der Waals surface area contributed by atoms with Crippen LogP contribution in [0.25, 0.3) is 11.3 Å². The predicted octanol–water partition coefficient (Wildman–Crippen LogP) is 3.09. The summed E-state index contributed by atoms with van der Waals surface area (Å²) < 4.78 is 51.3. The van der Waals surface area contributed by atoms with Gasteiger partial charge in [0.1, 0.15) is 35.6 Å². The fourth-order valence-corrected chi connectivity index (χ4v) is 5.73. The average Bonchev–Trinajstić information content (AvgIpc) is 3.55. The quantitative estimate of drug-likeness (QED) is 0.361. The molecule has 0 spiro atoms. The zero-order valence-electron chi connectivity index (χ0n) is 22.8. The standard InChI is InChI=1S/C29H35F3N6O3/c1-17(39)29(40)38(14-19-12-34-13-24(19)32)27(18-7-9-41-10-8-18)28-36-25(22-11-20(30)5-6-23(22)31)16-37(28)15-21-3-2-4-26(33)35-21/h2-6,11,16-19,24,27,34,39H,7-10,12-15H2,1H3,(H2,33,35)/t17-,19-,24-,27+/m0/s1. The van der Waals surface area contributed by atoms with Gasteiger partial charge in [-0.2, -0.15) is 0 Å². The molecule has 0 aliphatic carbocycles. The molecule has 9 nitrogen and oxygen atoms in total. The number of aliphatic hydroxyl groups excluding tert-OH is 1. The summed E-state index contributed by atoms with van der Waals surface area (Å²) in [5.41, 5.74) is 6.66. The second-order valence-electron chi connectivity index (χ2n) is 10.8. The van der Waals surface area contributed by atoms with E-state index in [1.165, 1.54) is 11.8 Å². The van der Waals surface area contributed by atoms with Crippen molar-refractivity contribution >= 4 is 11.7 Å².